The minimum absolute atomic E-state index is 0.0956. The summed E-state index contributed by atoms with van der Waals surface area (Å²) in [6.07, 6.45) is 0. The highest BCUT2D eigenvalue weighted by Crippen LogP contribution is 2.21. The third kappa shape index (κ3) is 4.21. The first-order valence-corrected chi connectivity index (χ1v) is 9.35. The van der Waals surface area contributed by atoms with Crippen molar-refractivity contribution in [3.8, 4) is 16.9 Å². The molecule has 1 N–H and O–H groups in total. The molecule has 4 rings (SSSR count). The summed E-state index contributed by atoms with van der Waals surface area (Å²) in [7, 11) is 0. The van der Waals surface area contributed by atoms with Gasteiger partial charge in [0.25, 0.3) is 5.91 Å². The van der Waals surface area contributed by atoms with Crippen molar-refractivity contribution in [3.63, 3.8) is 0 Å². The van der Waals surface area contributed by atoms with Crippen LogP contribution in [0.5, 0.6) is 5.75 Å². The summed E-state index contributed by atoms with van der Waals surface area (Å²) in [6, 6.07) is 31.9. The summed E-state index contributed by atoms with van der Waals surface area (Å²) in [4.78, 5) is 12.3. The standard InChI is InChI=1S/C25H21NO2/c27-25(22-12-10-21(11-13-22)19-6-2-1-3-7-19)26-16-17-28-24-15-14-20-8-4-5-9-23(20)18-24/h1-15,18H,16-17H2,(H,26,27). The van der Waals surface area contributed by atoms with Crippen molar-refractivity contribution in [2.75, 3.05) is 13.2 Å². The fourth-order valence-corrected chi connectivity index (χ4v) is 3.14. The Hall–Kier alpha value is -3.59. The third-order valence-electron chi connectivity index (χ3n) is 4.63. The molecule has 4 aromatic carbocycles. The molecule has 0 saturated carbocycles. The lowest BCUT2D eigenvalue weighted by molar-refractivity contribution is 0.0947. The Morgan fingerprint density at radius 2 is 1.39 bits per heavy atom. The zero-order valence-electron chi connectivity index (χ0n) is 15.5. The molecule has 28 heavy (non-hydrogen) atoms. The predicted molar refractivity (Wildman–Crippen MR) is 114 cm³/mol. The summed E-state index contributed by atoms with van der Waals surface area (Å²) in [5.74, 6) is 0.710. The SMILES string of the molecule is O=C(NCCOc1ccc2ccccc2c1)c1ccc(-c2ccccc2)cc1. The van der Waals surface area contributed by atoms with Crippen LogP contribution in [0.1, 0.15) is 10.4 Å². The average Bonchev–Trinajstić information content (AvgIpc) is 2.77. The van der Waals surface area contributed by atoms with Crippen molar-refractivity contribution >= 4 is 16.7 Å². The molecule has 0 radical (unpaired) electrons. The second-order valence-corrected chi connectivity index (χ2v) is 6.56. The van der Waals surface area contributed by atoms with Gasteiger partial charge in [0.1, 0.15) is 12.4 Å². The average molecular weight is 367 g/mol. The maximum Gasteiger partial charge on any atom is 0.251 e. The molecule has 1 amide bonds. The lowest BCUT2D eigenvalue weighted by Crippen LogP contribution is -2.28. The molecule has 0 aromatic heterocycles. The molecule has 3 nitrogen and oxygen atoms in total. The van der Waals surface area contributed by atoms with Gasteiger partial charge in [0.15, 0.2) is 0 Å². The van der Waals surface area contributed by atoms with Gasteiger partial charge in [-0.25, -0.2) is 0 Å². The van der Waals surface area contributed by atoms with Gasteiger partial charge in [0, 0.05) is 5.56 Å². The van der Waals surface area contributed by atoms with E-state index in [9.17, 15) is 4.79 Å². The summed E-state index contributed by atoms with van der Waals surface area (Å²) in [5, 5.41) is 5.23. The van der Waals surface area contributed by atoms with Crippen molar-refractivity contribution in [2.45, 2.75) is 0 Å². The summed E-state index contributed by atoms with van der Waals surface area (Å²) in [6.45, 7) is 0.873. The molecule has 3 heteroatoms. The number of nitrogens with one attached hydrogen (secondary N) is 1. The van der Waals surface area contributed by atoms with Crippen molar-refractivity contribution in [2.24, 2.45) is 0 Å². The van der Waals surface area contributed by atoms with Crippen molar-refractivity contribution in [1.82, 2.24) is 5.32 Å². The monoisotopic (exact) mass is 367 g/mol. The van der Waals surface area contributed by atoms with Crippen LogP contribution in [-0.2, 0) is 0 Å². The van der Waals surface area contributed by atoms with Gasteiger partial charge in [-0.1, -0.05) is 72.8 Å². The van der Waals surface area contributed by atoms with Crippen molar-refractivity contribution < 1.29 is 9.53 Å². The van der Waals surface area contributed by atoms with E-state index in [4.69, 9.17) is 4.74 Å². The molecule has 138 valence electrons. The second kappa shape index (κ2) is 8.40. The molecular formula is C25H21NO2. The van der Waals surface area contributed by atoms with E-state index in [0.29, 0.717) is 18.7 Å². The molecule has 0 bridgehead atoms. The van der Waals surface area contributed by atoms with E-state index in [-0.39, 0.29) is 5.91 Å². The summed E-state index contributed by atoms with van der Waals surface area (Å²) < 4.78 is 5.76. The van der Waals surface area contributed by atoms with E-state index in [1.807, 2.05) is 72.8 Å². The molecule has 0 fully saturated rings. The molecule has 0 aliphatic carbocycles. The molecule has 0 spiro atoms. The molecule has 0 aliphatic rings. The number of fused-ring (bicyclic) bond motifs is 1. The van der Waals surface area contributed by atoms with Crippen LogP contribution in [0.4, 0.5) is 0 Å². The molecule has 0 aliphatic heterocycles. The van der Waals surface area contributed by atoms with E-state index in [1.54, 1.807) is 0 Å². The summed E-state index contributed by atoms with van der Waals surface area (Å²) >= 11 is 0. The van der Waals surface area contributed by atoms with Crippen LogP contribution in [0.2, 0.25) is 0 Å². The first-order chi connectivity index (χ1) is 13.8. The first kappa shape index (κ1) is 17.8. The van der Waals surface area contributed by atoms with Crippen LogP contribution in [-0.4, -0.2) is 19.1 Å². The highest BCUT2D eigenvalue weighted by Gasteiger charge is 2.06. The van der Waals surface area contributed by atoms with Gasteiger partial charge in [-0.15, -0.1) is 0 Å². The highest BCUT2D eigenvalue weighted by molar-refractivity contribution is 5.94. The Kier molecular flexibility index (Phi) is 5.34. The Morgan fingerprint density at radius 1 is 0.714 bits per heavy atom. The Morgan fingerprint density at radius 3 is 2.18 bits per heavy atom. The zero-order valence-corrected chi connectivity index (χ0v) is 15.5. The van der Waals surface area contributed by atoms with Crippen molar-refractivity contribution in [3.05, 3.63) is 103 Å². The van der Waals surface area contributed by atoms with E-state index in [0.717, 1.165) is 22.3 Å². The largest absolute Gasteiger partial charge is 0.492 e. The number of carbonyl (C=O) groups excluding carboxylic acids is 1. The number of rotatable bonds is 6. The quantitative estimate of drug-likeness (QED) is 0.469. The fourth-order valence-electron chi connectivity index (χ4n) is 3.14. The summed E-state index contributed by atoms with van der Waals surface area (Å²) in [5.41, 5.74) is 2.88. The molecule has 0 atom stereocenters. The van der Waals surface area contributed by atoms with Gasteiger partial charge < -0.3 is 10.1 Å². The smallest absolute Gasteiger partial charge is 0.251 e. The normalized spacial score (nSPS) is 10.6. The molecular weight excluding hydrogens is 346 g/mol. The number of hydrogen-bond donors (Lipinski definition) is 1. The van der Waals surface area contributed by atoms with E-state index < -0.39 is 0 Å². The lowest BCUT2D eigenvalue weighted by Gasteiger charge is -2.09. The van der Waals surface area contributed by atoms with Crippen molar-refractivity contribution in [1.29, 1.82) is 0 Å². The predicted octanol–water partition coefficient (Wildman–Crippen LogP) is 5.32. The molecule has 0 saturated heterocycles. The van der Waals surface area contributed by atoms with Crippen LogP contribution >= 0.6 is 0 Å². The maximum atomic E-state index is 12.3. The van der Waals surface area contributed by atoms with E-state index in [2.05, 4.69) is 29.6 Å². The van der Waals surface area contributed by atoms with Gasteiger partial charge in [0.2, 0.25) is 0 Å². The number of ether oxygens (including phenoxy) is 1. The number of carbonyl (C=O) groups is 1. The second-order valence-electron chi connectivity index (χ2n) is 6.56. The van der Waals surface area contributed by atoms with Crippen LogP contribution < -0.4 is 10.1 Å². The van der Waals surface area contributed by atoms with Gasteiger partial charge in [-0.3, -0.25) is 4.79 Å². The van der Waals surface area contributed by atoms with E-state index in [1.165, 1.54) is 5.39 Å². The maximum absolute atomic E-state index is 12.3. The van der Waals surface area contributed by atoms with Crippen LogP contribution in [0.25, 0.3) is 21.9 Å². The molecule has 0 unspecified atom stereocenters. The number of amides is 1. The van der Waals surface area contributed by atoms with Gasteiger partial charge in [-0.2, -0.15) is 0 Å². The van der Waals surface area contributed by atoms with E-state index >= 15 is 0 Å². The zero-order chi connectivity index (χ0) is 19.2. The lowest BCUT2D eigenvalue weighted by atomic mass is 10.0. The molecule has 4 aromatic rings. The highest BCUT2D eigenvalue weighted by atomic mass is 16.5. The number of benzene rings is 4. The Labute approximate surface area is 164 Å². The number of hydrogen-bond acceptors (Lipinski definition) is 2. The van der Waals surface area contributed by atoms with Gasteiger partial charge in [-0.05, 0) is 46.2 Å². The van der Waals surface area contributed by atoms with Gasteiger partial charge in [0.05, 0.1) is 6.54 Å². The van der Waals surface area contributed by atoms with Crippen LogP contribution in [0.3, 0.4) is 0 Å². The van der Waals surface area contributed by atoms with Crippen LogP contribution in [0, 0.1) is 0 Å². The Bertz CT molecular complexity index is 1070. The topological polar surface area (TPSA) is 38.3 Å². The first-order valence-electron chi connectivity index (χ1n) is 9.35. The Balaban J connectivity index is 1.29. The minimum atomic E-state index is -0.0956. The van der Waals surface area contributed by atoms with Crippen LogP contribution in [0.15, 0.2) is 97.1 Å². The third-order valence-corrected chi connectivity index (χ3v) is 4.63. The fraction of sp³-hybridized carbons (Fsp3) is 0.0800. The van der Waals surface area contributed by atoms with Gasteiger partial charge >= 0.3 is 0 Å². The molecule has 0 heterocycles. The minimum Gasteiger partial charge on any atom is -0.492 e.